The molecule has 0 aliphatic rings. The van der Waals surface area contributed by atoms with Crippen LogP contribution in [0.3, 0.4) is 0 Å². The topological polar surface area (TPSA) is 142 Å². The minimum absolute atomic E-state index is 0.0772. The maximum Gasteiger partial charge on any atom is 0.266 e. The molecule has 0 saturated carbocycles. The lowest BCUT2D eigenvalue weighted by molar-refractivity contribution is 0.412. The van der Waals surface area contributed by atoms with Crippen molar-refractivity contribution in [2.24, 2.45) is 0 Å². The average Bonchev–Trinajstić information content (AvgIpc) is 2.38. The third kappa shape index (κ3) is 7.14. The first-order chi connectivity index (χ1) is 10.5. The minimum Gasteiger partial charge on any atom is -0.399 e. The molecular formula is C12H22N4O5S2. The van der Waals surface area contributed by atoms with Crippen molar-refractivity contribution in [1.29, 1.82) is 0 Å². The summed E-state index contributed by atoms with van der Waals surface area (Å²) in [6, 6.07) is 4.22. The Balaban J connectivity index is 2.93. The van der Waals surface area contributed by atoms with E-state index in [0.29, 0.717) is 6.54 Å². The molecule has 1 rings (SSSR count). The molecule has 0 aliphatic carbocycles. The standard InChI is InChI=1S/C12H22N4O5S2/c1-16(2)7-5-15-23(20,21)12-9-10(13)3-4-11(12)14-6-8-22(17,18)19/h3-4,9,14-15H,5-8,13H2,1-2H3,(H,17,18,19). The van der Waals surface area contributed by atoms with E-state index in [0.717, 1.165) is 0 Å². The summed E-state index contributed by atoms with van der Waals surface area (Å²) in [5.74, 6) is -0.537. The molecule has 1 aromatic carbocycles. The molecule has 23 heavy (non-hydrogen) atoms. The van der Waals surface area contributed by atoms with Gasteiger partial charge in [-0.25, -0.2) is 13.1 Å². The van der Waals surface area contributed by atoms with Crippen LogP contribution in [0.15, 0.2) is 23.1 Å². The van der Waals surface area contributed by atoms with E-state index in [1.54, 1.807) is 0 Å². The number of nitrogen functional groups attached to an aromatic ring is 1. The Hall–Kier alpha value is -1.40. The normalized spacial score (nSPS) is 12.5. The number of nitrogens with zero attached hydrogens (tertiary/aromatic N) is 1. The van der Waals surface area contributed by atoms with Gasteiger partial charge in [-0.15, -0.1) is 0 Å². The fourth-order valence-electron chi connectivity index (χ4n) is 1.70. The SMILES string of the molecule is CN(C)CCNS(=O)(=O)c1cc(N)ccc1NCCS(=O)(=O)O. The van der Waals surface area contributed by atoms with Gasteiger partial charge in [-0.1, -0.05) is 0 Å². The number of rotatable bonds is 9. The number of hydrogen-bond donors (Lipinski definition) is 4. The summed E-state index contributed by atoms with van der Waals surface area (Å²) < 4.78 is 57.3. The first kappa shape index (κ1) is 19.6. The molecule has 0 amide bonds. The van der Waals surface area contributed by atoms with Gasteiger partial charge >= 0.3 is 0 Å². The van der Waals surface area contributed by atoms with Crippen molar-refractivity contribution in [3.63, 3.8) is 0 Å². The number of benzene rings is 1. The van der Waals surface area contributed by atoms with E-state index in [4.69, 9.17) is 10.3 Å². The largest absolute Gasteiger partial charge is 0.399 e. The van der Waals surface area contributed by atoms with Crippen molar-refractivity contribution in [2.75, 3.05) is 50.5 Å². The lowest BCUT2D eigenvalue weighted by Gasteiger charge is -2.15. The second-order valence-corrected chi connectivity index (χ2v) is 8.48. The van der Waals surface area contributed by atoms with Crippen LogP contribution in [0.25, 0.3) is 0 Å². The molecule has 5 N–H and O–H groups in total. The van der Waals surface area contributed by atoms with E-state index in [-0.39, 0.29) is 29.4 Å². The number of sulfonamides is 1. The maximum absolute atomic E-state index is 12.4. The Labute approximate surface area is 136 Å². The van der Waals surface area contributed by atoms with Gasteiger partial charge in [-0.05, 0) is 32.3 Å². The maximum atomic E-state index is 12.4. The monoisotopic (exact) mass is 366 g/mol. The van der Waals surface area contributed by atoms with Gasteiger partial charge in [0.15, 0.2) is 0 Å². The molecule has 0 aliphatic heterocycles. The quantitative estimate of drug-likeness (QED) is 0.335. The number of likely N-dealkylation sites (N-methyl/N-ethyl adjacent to an activating group) is 1. The third-order valence-electron chi connectivity index (χ3n) is 2.82. The Morgan fingerprint density at radius 2 is 1.83 bits per heavy atom. The van der Waals surface area contributed by atoms with Crippen LogP contribution in [0.2, 0.25) is 0 Å². The van der Waals surface area contributed by atoms with Crippen molar-refractivity contribution in [3.05, 3.63) is 18.2 Å². The summed E-state index contributed by atoms with van der Waals surface area (Å²) in [6.45, 7) is 0.602. The van der Waals surface area contributed by atoms with Crippen LogP contribution >= 0.6 is 0 Å². The van der Waals surface area contributed by atoms with Gasteiger partial charge in [-0.3, -0.25) is 4.55 Å². The molecule has 132 valence electrons. The van der Waals surface area contributed by atoms with E-state index in [1.165, 1.54) is 18.2 Å². The highest BCUT2D eigenvalue weighted by molar-refractivity contribution is 7.89. The van der Waals surface area contributed by atoms with Gasteiger partial charge in [0, 0.05) is 25.3 Å². The summed E-state index contributed by atoms with van der Waals surface area (Å²) in [6.07, 6.45) is 0. The Morgan fingerprint density at radius 3 is 2.39 bits per heavy atom. The second kappa shape index (κ2) is 7.93. The molecule has 0 spiro atoms. The summed E-state index contributed by atoms with van der Waals surface area (Å²) in [4.78, 5) is 1.75. The Bertz CT molecular complexity index is 732. The van der Waals surface area contributed by atoms with Crippen molar-refractivity contribution in [1.82, 2.24) is 9.62 Å². The summed E-state index contributed by atoms with van der Waals surface area (Å²) >= 11 is 0. The molecule has 0 saturated heterocycles. The van der Waals surface area contributed by atoms with Crippen LogP contribution in [0.5, 0.6) is 0 Å². The molecule has 0 atom stereocenters. The zero-order valence-electron chi connectivity index (χ0n) is 13.0. The van der Waals surface area contributed by atoms with Crippen molar-refractivity contribution in [3.8, 4) is 0 Å². The fourth-order valence-corrected chi connectivity index (χ4v) is 3.30. The average molecular weight is 366 g/mol. The molecule has 0 aromatic heterocycles. The van der Waals surface area contributed by atoms with Crippen molar-refractivity contribution < 1.29 is 21.4 Å². The summed E-state index contributed by atoms with van der Waals surface area (Å²) in [5.41, 5.74) is 6.11. The van der Waals surface area contributed by atoms with Gasteiger partial charge in [0.05, 0.1) is 11.4 Å². The number of nitrogens with two attached hydrogens (primary N) is 1. The first-order valence-corrected chi connectivity index (χ1v) is 9.83. The Morgan fingerprint density at radius 1 is 1.17 bits per heavy atom. The van der Waals surface area contributed by atoms with Crippen molar-refractivity contribution >= 4 is 31.5 Å². The molecule has 9 nitrogen and oxygen atoms in total. The van der Waals surface area contributed by atoms with Crippen LogP contribution < -0.4 is 15.8 Å². The van der Waals surface area contributed by atoms with E-state index < -0.39 is 25.9 Å². The van der Waals surface area contributed by atoms with Gasteiger partial charge in [0.2, 0.25) is 10.0 Å². The predicted octanol–water partition coefficient (Wildman–Crippen LogP) is -0.592. The fraction of sp³-hybridized carbons (Fsp3) is 0.500. The van der Waals surface area contributed by atoms with Crippen LogP contribution in [-0.4, -0.2) is 65.8 Å². The predicted molar refractivity (Wildman–Crippen MR) is 89.5 cm³/mol. The van der Waals surface area contributed by atoms with E-state index in [9.17, 15) is 16.8 Å². The highest BCUT2D eigenvalue weighted by Gasteiger charge is 2.19. The number of nitrogens with one attached hydrogen (secondary N) is 2. The zero-order chi connectivity index (χ0) is 17.7. The minimum atomic E-state index is -4.13. The smallest absolute Gasteiger partial charge is 0.266 e. The number of hydrogen-bond acceptors (Lipinski definition) is 7. The van der Waals surface area contributed by atoms with Gasteiger partial charge in [0.25, 0.3) is 10.1 Å². The highest BCUT2D eigenvalue weighted by Crippen LogP contribution is 2.23. The molecule has 0 bridgehead atoms. The van der Waals surface area contributed by atoms with E-state index in [2.05, 4.69) is 10.0 Å². The second-order valence-electron chi connectivity index (χ2n) is 5.17. The summed E-state index contributed by atoms with van der Waals surface area (Å²) in [5, 5.41) is 2.68. The number of anilines is 2. The van der Waals surface area contributed by atoms with Gasteiger partial charge in [0.1, 0.15) is 4.90 Å². The van der Waals surface area contributed by atoms with E-state index in [1.807, 2.05) is 19.0 Å². The zero-order valence-corrected chi connectivity index (χ0v) is 14.6. The molecule has 0 heterocycles. The Kier molecular flexibility index (Phi) is 6.77. The van der Waals surface area contributed by atoms with Crippen LogP contribution in [-0.2, 0) is 20.1 Å². The molecular weight excluding hydrogens is 344 g/mol. The molecule has 1 aromatic rings. The van der Waals surface area contributed by atoms with Crippen LogP contribution in [0.4, 0.5) is 11.4 Å². The molecule has 0 fully saturated rings. The van der Waals surface area contributed by atoms with Crippen molar-refractivity contribution in [2.45, 2.75) is 4.90 Å². The molecule has 0 unspecified atom stereocenters. The highest BCUT2D eigenvalue weighted by atomic mass is 32.2. The molecule has 0 radical (unpaired) electrons. The van der Waals surface area contributed by atoms with E-state index >= 15 is 0 Å². The van der Waals surface area contributed by atoms with Gasteiger partial charge in [-0.2, -0.15) is 8.42 Å². The first-order valence-electron chi connectivity index (χ1n) is 6.74. The van der Waals surface area contributed by atoms with Crippen LogP contribution in [0.1, 0.15) is 0 Å². The van der Waals surface area contributed by atoms with Gasteiger partial charge < -0.3 is 16.0 Å². The summed E-state index contributed by atoms with van der Waals surface area (Å²) in [7, 11) is -4.31. The van der Waals surface area contributed by atoms with Crippen LogP contribution in [0, 0.1) is 0 Å². The molecule has 11 heteroatoms. The lowest BCUT2D eigenvalue weighted by Crippen LogP contribution is -2.32. The third-order valence-corrected chi connectivity index (χ3v) is 5.04. The lowest BCUT2D eigenvalue weighted by atomic mass is 10.3.